The Morgan fingerprint density at radius 2 is 1.93 bits per heavy atom. The summed E-state index contributed by atoms with van der Waals surface area (Å²) in [6.45, 7) is 4.00. The van der Waals surface area contributed by atoms with Gasteiger partial charge in [-0.15, -0.1) is 0 Å². The fraction of sp³-hybridized carbons (Fsp3) is 0.333. The second kappa shape index (κ2) is 8.53. The average Bonchev–Trinajstić information content (AvgIpc) is 3.06. The fourth-order valence-electron chi connectivity index (χ4n) is 3.29. The standard InChI is InChI=1S/C21H22BF2NO5/c1-12-16(9-6-14-11-30-22(28)17(12)14)19(26)25-18(21(2,3)24)20(27)29-10-13-4-7-15(23)8-5-13/h4-9,18,28H,10-11H2,1-3H3,(H,25,26). The van der Waals surface area contributed by atoms with E-state index in [9.17, 15) is 23.4 Å². The molecule has 1 heterocycles. The van der Waals surface area contributed by atoms with E-state index in [4.69, 9.17) is 9.39 Å². The number of hydrogen-bond acceptors (Lipinski definition) is 5. The van der Waals surface area contributed by atoms with E-state index < -0.39 is 36.5 Å². The Balaban J connectivity index is 1.75. The van der Waals surface area contributed by atoms with Gasteiger partial charge in [-0.05, 0) is 61.1 Å². The number of benzene rings is 2. The first-order valence-electron chi connectivity index (χ1n) is 9.41. The van der Waals surface area contributed by atoms with Gasteiger partial charge in [-0.3, -0.25) is 4.79 Å². The van der Waals surface area contributed by atoms with Gasteiger partial charge in [0, 0.05) is 5.56 Å². The fourth-order valence-corrected chi connectivity index (χ4v) is 3.29. The summed E-state index contributed by atoms with van der Waals surface area (Å²) in [7, 11) is -1.14. The Kier molecular flexibility index (Phi) is 6.23. The molecule has 158 valence electrons. The molecule has 0 spiro atoms. The summed E-state index contributed by atoms with van der Waals surface area (Å²) < 4.78 is 38.0. The molecule has 1 unspecified atom stereocenters. The number of carbonyl (C=O) groups excluding carboxylic acids is 2. The Bertz CT molecular complexity index is 959. The van der Waals surface area contributed by atoms with Crippen LogP contribution in [0.3, 0.4) is 0 Å². The van der Waals surface area contributed by atoms with Crippen molar-refractivity contribution >= 4 is 24.5 Å². The summed E-state index contributed by atoms with van der Waals surface area (Å²) in [6.07, 6.45) is 0. The first-order valence-corrected chi connectivity index (χ1v) is 9.41. The molecule has 1 aliphatic heterocycles. The number of esters is 1. The zero-order valence-corrected chi connectivity index (χ0v) is 16.9. The highest BCUT2D eigenvalue weighted by Gasteiger charge is 2.39. The monoisotopic (exact) mass is 417 g/mol. The van der Waals surface area contributed by atoms with E-state index in [1.54, 1.807) is 13.0 Å². The molecule has 0 aliphatic carbocycles. The van der Waals surface area contributed by atoms with E-state index in [0.29, 0.717) is 16.6 Å². The summed E-state index contributed by atoms with van der Waals surface area (Å²) >= 11 is 0. The maximum absolute atomic E-state index is 14.7. The molecule has 2 aromatic carbocycles. The molecular weight excluding hydrogens is 395 g/mol. The minimum absolute atomic E-state index is 0.192. The second-order valence-electron chi connectivity index (χ2n) is 7.68. The predicted octanol–water partition coefficient (Wildman–Crippen LogP) is 1.94. The van der Waals surface area contributed by atoms with Gasteiger partial charge >= 0.3 is 13.1 Å². The van der Waals surface area contributed by atoms with E-state index in [1.165, 1.54) is 30.3 Å². The maximum Gasteiger partial charge on any atom is 0.492 e. The lowest BCUT2D eigenvalue weighted by molar-refractivity contribution is -0.150. The SMILES string of the molecule is Cc1c(C(=O)NC(C(=O)OCc2ccc(F)cc2)C(C)(C)F)ccc2c1B(O)OC2. The third kappa shape index (κ3) is 4.68. The Morgan fingerprint density at radius 3 is 2.57 bits per heavy atom. The zero-order chi connectivity index (χ0) is 22.1. The van der Waals surface area contributed by atoms with Gasteiger partial charge in [-0.1, -0.05) is 18.2 Å². The van der Waals surface area contributed by atoms with E-state index in [2.05, 4.69) is 5.32 Å². The van der Waals surface area contributed by atoms with Crippen LogP contribution in [0.15, 0.2) is 36.4 Å². The van der Waals surface area contributed by atoms with Crippen LogP contribution < -0.4 is 10.8 Å². The molecular formula is C21H22BF2NO5. The quantitative estimate of drug-likeness (QED) is 0.555. The topological polar surface area (TPSA) is 84.9 Å². The number of hydrogen-bond donors (Lipinski definition) is 2. The van der Waals surface area contributed by atoms with E-state index in [0.717, 1.165) is 19.4 Å². The molecule has 0 radical (unpaired) electrons. The first kappa shape index (κ1) is 21.9. The molecule has 2 aromatic rings. The summed E-state index contributed by atoms with van der Waals surface area (Å²) in [6, 6.07) is 6.94. The van der Waals surface area contributed by atoms with Crippen LogP contribution in [0.5, 0.6) is 0 Å². The van der Waals surface area contributed by atoms with Crippen LogP contribution in [0.1, 0.15) is 40.9 Å². The lowest BCUT2D eigenvalue weighted by atomic mass is 9.75. The van der Waals surface area contributed by atoms with E-state index in [1.807, 2.05) is 0 Å². The highest BCUT2D eigenvalue weighted by atomic mass is 19.1. The van der Waals surface area contributed by atoms with Crippen LogP contribution in [-0.4, -0.2) is 35.7 Å². The normalized spacial score (nSPS) is 14.3. The van der Waals surface area contributed by atoms with Crippen LogP contribution in [0.2, 0.25) is 0 Å². The van der Waals surface area contributed by atoms with Gasteiger partial charge < -0.3 is 19.7 Å². The van der Waals surface area contributed by atoms with Crippen molar-refractivity contribution in [1.82, 2.24) is 5.32 Å². The highest BCUT2D eigenvalue weighted by Crippen LogP contribution is 2.20. The Hall–Kier alpha value is -2.78. The summed E-state index contributed by atoms with van der Waals surface area (Å²) in [4.78, 5) is 25.3. The molecule has 1 amide bonds. The summed E-state index contributed by atoms with van der Waals surface area (Å²) in [5.41, 5.74) is 0.358. The maximum atomic E-state index is 14.7. The molecule has 2 N–H and O–H groups in total. The Labute approximate surface area is 173 Å². The molecule has 0 aromatic heterocycles. The van der Waals surface area contributed by atoms with Gasteiger partial charge in [0.2, 0.25) is 0 Å². The van der Waals surface area contributed by atoms with Crippen molar-refractivity contribution in [1.29, 1.82) is 0 Å². The smallest absolute Gasteiger partial charge is 0.459 e. The zero-order valence-electron chi connectivity index (χ0n) is 16.9. The van der Waals surface area contributed by atoms with Crippen LogP contribution in [-0.2, 0) is 27.4 Å². The van der Waals surface area contributed by atoms with Crippen molar-refractivity contribution in [2.45, 2.75) is 45.7 Å². The molecule has 3 rings (SSSR count). The first-order chi connectivity index (χ1) is 14.1. The van der Waals surface area contributed by atoms with Crippen molar-refractivity contribution in [3.63, 3.8) is 0 Å². The molecule has 1 aliphatic rings. The van der Waals surface area contributed by atoms with Crippen molar-refractivity contribution in [2.75, 3.05) is 0 Å². The van der Waals surface area contributed by atoms with Crippen LogP contribution in [0.4, 0.5) is 8.78 Å². The lowest BCUT2D eigenvalue weighted by Crippen LogP contribution is -2.53. The number of nitrogens with one attached hydrogen (secondary N) is 1. The van der Waals surface area contributed by atoms with Crippen molar-refractivity contribution < 1.29 is 32.8 Å². The lowest BCUT2D eigenvalue weighted by Gasteiger charge is -2.26. The largest absolute Gasteiger partial charge is 0.492 e. The molecule has 30 heavy (non-hydrogen) atoms. The van der Waals surface area contributed by atoms with Crippen molar-refractivity contribution in [3.05, 3.63) is 64.5 Å². The second-order valence-corrected chi connectivity index (χ2v) is 7.68. The van der Waals surface area contributed by atoms with Gasteiger partial charge in [-0.25, -0.2) is 13.6 Å². The number of fused-ring (bicyclic) bond motifs is 1. The van der Waals surface area contributed by atoms with Gasteiger partial charge in [0.05, 0.1) is 6.61 Å². The predicted molar refractivity (Wildman–Crippen MR) is 106 cm³/mol. The summed E-state index contributed by atoms with van der Waals surface area (Å²) in [5, 5.41) is 12.3. The molecule has 0 fully saturated rings. The highest BCUT2D eigenvalue weighted by molar-refractivity contribution is 6.62. The van der Waals surface area contributed by atoms with Gasteiger partial charge in [0.1, 0.15) is 18.1 Å². The summed E-state index contributed by atoms with van der Waals surface area (Å²) in [5.74, 6) is -2.06. The Morgan fingerprint density at radius 1 is 1.27 bits per heavy atom. The molecule has 1 atom stereocenters. The van der Waals surface area contributed by atoms with Crippen LogP contribution >= 0.6 is 0 Å². The molecule has 6 nitrogen and oxygen atoms in total. The number of rotatable bonds is 6. The average molecular weight is 417 g/mol. The molecule has 9 heteroatoms. The van der Waals surface area contributed by atoms with Gasteiger partial charge in [0.25, 0.3) is 5.91 Å². The number of halogens is 2. The number of ether oxygens (including phenoxy) is 1. The van der Waals surface area contributed by atoms with Gasteiger partial charge in [0.15, 0.2) is 6.04 Å². The third-order valence-electron chi connectivity index (χ3n) is 4.99. The number of carbonyl (C=O) groups is 2. The van der Waals surface area contributed by atoms with E-state index >= 15 is 0 Å². The van der Waals surface area contributed by atoms with E-state index in [-0.39, 0.29) is 18.8 Å². The minimum atomic E-state index is -2.11. The number of alkyl halides is 1. The molecule has 0 bridgehead atoms. The molecule has 0 saturated carbocycles. The van der Waals surface area contributed by atoms with Crippen molar-refractivity contribution in [2.24, 2.45) is 0 Å². The van der Waals surface area contributed by atoms with Crippen molar-refractivity contribution in [3.8, 4) is 0 Å². The van der Waals surface area contributed by atoms with Crippen LogP contribution in [0, 0.1) is 12.7 Å². The minimum Gasteiger partial charge on any atom is -0.459 e. The number of amides is 1. The third-order valence-corrected chi connectivity index (χ3v) is 4.99. The van der Waals surface area contributed by atoms with Gasteiger partial charge in [-0.2, -0.15) is 0 Å². The molecule has 0 saturated heterocycles. The van der Waals surface area contributed by atoms with Crippen LogP contribution in [0.25, 0.3) is 0 Å².